The second-order valence-electron chi connectivity index (χ2n) is 6.94. The maximum Gasteiger partial charge on any atom is 0.00774 e. The smallest absolute Gasteiger partial charge is 0.00774 e. The number of fused-ring (bicyclic) bond motifs is 2. The molecule has 0 spiro atoms. The Bertz CT molecular complexity index is 234. The van der Waals surface area contributed by atoms with E-state index >= 15 is 0 Å². The van der Waals surface area contributed by atoms with E-state index in [9.17, 15) is 0 Å². The molecule has 2 rings (SSSR count). The van der Waals surface area contributed by atoms with Crippen LogP contribution >= 0.6 is 0 Å². The summed E-state index contributed by atoms with van der Waals surface area (Å²) < 4.78 is 0. The van der Waals surface area contributed by atoms with Crippen LogP contribution in [0.1, 0.15) is 66.2 Å². The van der Waals surface area contributed by atoms with Crippen molar-refractivity contribution in [1.29, 1.82) is 0 Å². The molecule has 0 aromatic carbocycles. The van der Waals surface area contributed by atoms with Gasteiger partial charge < -0.3 is 5.32 Å². The maximum absolute atomic E-state index is 3.79. The van der Waals surface area contributed by atoms with Gasteiger partial charge >= 0.3 is 0 Å². The van der Waals surface area contributed by atoms with Gasteiger partial charge in [0, 0.05) is 12.1 Å². The van der Waals surface area contributed by atoms with Gasteiger partial charge in [-0.25, -0.2) is 0 Å². The third-order valence-electron chi connectivity index (χ3n) is 5.05. The van der Waals surface area contributed by atoms with Gasteiger partial charge in [-0.1, -0.05) is 40.5 Å². The zero-order valence-electron chi connectivity index (χ0n) is 11.6. The average molecular weight is 223 g/mol. The highest BCUT2D eigenvalue weighted by atomic mass is 14.9. The number of rotatable bonds is 3. The molecule has 0 aliphatic heterocycles. The molecule has 0 aromatic rings. The Kier molecular flexibility index (Phi) is 3.63. The van der Waals surface area contributed by atoms with Crippen LogP contribution in [0.3, 0.4) is 0 Å². The second-order valence-corrected chi connectivity index (χ2v) is 6.94. The Morgan fingerprint density at radius 3 is 2.50 bits per heavy atom. The zero-order valence-corrected chi connectivity index (χ0v) is 11.6. The van der Waals surface area contributed by atoms with E-state index in [0.29, 0.717) is 11.5 Å². The van der Waals surface area contributed by atoms with E-state index in [-0.39, 0.29) is 0 Å². The van der Waals surface area contributed by atoms with Gasteiger partial charge in [-0.2, -0.15) is 0 Å². The van der Waals surface area contributed by atoms with Crippen molar-refractivity contribution in [2.24, 2.45) is 17.3 Å². The van der Waals surface area contributed by atoms with Crippen LogP contribution in [0, 0.1) is 17.3 Å². The fourth-order valence-electron chi connectivity index (χ4n) is 4.24. The third kappa shape index (κ3) is 2.45. The number of hydrogen-bond donors (Lipinski definition) is 1. The topological polar surface area (TPSA) is 12.0 Å². The van der Waals surface area contributed by atoms with Crippen LogP contribution in [0.5, 0.6) is 0 Å². The molecule has 0 heterocycles. The SMILES string of the molecule is CC(C)NC1CC2CCCC(C(C)C)(C2)C1. The molecule has 3 atom stereocenters. The zero-order chi connectivity index (χ0) is 11.8. The molecule has 0 radical (unpaired) electrons. The first kappa shape index (κ1) is 12.4. The molecular formula is C15H29N. The average Bonchev–Trinajstić information content (AvgIpc) is 2.15. The van der Waals surface area contributed by atoms with E-state index in [2.05, 4.69) is 33.0 Å². The van der Waals surface area contributed by atoms with Crippen LogP contribution in [0.15, 0.2) is 0 Å². The molecule has 3 unspecified atom stereocenters. The molecule has 1 heteroatoms. The molecule has 2 fully saturated rings. The summed E-state index contributed by atoms with van der Waals surface area (Å²) in [5, 5.41) is 3.79. The van der Waals surface area contributed by atoms with E-state index in [1.165, 1.54) is 38.5 Å². The lowest BCUT2D eigenvalue weighted by Crippen LogP contribution is -2.48. The normalized spacial score (nSPS) is 39.4. The minimum absolute atomic E-state index is 0.646. The fraction of sp³-hybridized carbons (Fsp3) is 1.00. The van der Waals surface area contributed by atoms with Gasteiger partial charge in [0.05, 0.1) is 0 Å². The van der Waals surface area contributed by atoms with Crippen molar-refractivity contribution in [3.63, 3.8) is 0 Å². The van der Waals surface area contributed by atoms with Crippen LogP contribution in [-0.4, -0.2) is 12.1 Å². The minimum Gasteiger partial charge on any atom is -0.312 e. The summed E-state index contributed by atoms with van der Waals surface area (Å²) in [6.07, 6.45) is 8.84. The van der Waals surface area contributed by atoms with Crippen LogP contribution in [0.4, 0.5) is 0 Å². The van der Waals surface area contributed by atoms with Gasteiger partial charge in [0.15, 0.2) is 0 Å². The predicted molar refractivity (Wildman–Crippen MR) is 70.5 cm³/mol. The quantitative estimate of drug-likeness (QED) is 0.763. The lowest BCUT2D eigenvalue weighted by atomic mass is 9.56. The van der Waals surface area contributed by atoms with Crippen molar-refractivity contribution in [3.05, 3.63) is 0 Å². The van der Waals surface area contributed by atoms with Crippen molar-refractivity contribution in [2.75, 3.05) is 0 Å². The molecule has 2 saturated carbocycles. The maximum atomic E-state index is 3.79. The van der Waals surface area contributed by atoms with Crippen LogP contribution < -0.4 is 5.32 Å². The van der Waals surface area contributed by atoms with Crippen molar-refractivity contribution in [2.45, 2.75) is 78.3 Å². The summed E-state index contributed by atoms with van der Waals surface area (Å²) in [5.74, 6) is 1.88. The summed E-state index contributed by atoms with van der Waals surface area (Å²) in [4.78, 5) is 0. The van der Waals surface area contributed by atoms with E-state index in [0.717, 1.165) is 17.9 Å². The first-order chi connectivity index (χ1) is 7.52. The third-order valence-corrected chi connectivity index (χ3v) is 5.05. The summed E-state index contributed by atoms with van der Waals surface area (Å²) in [6, 6.07) is 1.44. The molecule has 1 nitrogen and oxygen atoms in total. The van der Waals surface area contributed by atoms with Gasteiger partial charge in [0.25, 0.3) is 0 Å². The molecule has 0 amide bonds. The monoisotopic (exact) mass is 223 g/mol. The minimum atomic E-state index is 0.646. The van der Waals surface area contributed by atoms with Crippen molar-refractivity contribution >= 4 is 0 Å². The first-order valence-electron chi connectivity index (χ1n) is 7.28. The lowest BCUT2D eigenvalue weighted by Gasteiger charge is -2.51. The Morgan fingerprint density at radius 1 is 1.12 bits per heavy atom. The Labute approximate surface area is 101 Å². The van der Waals surface area contributed by atoms with Crippen molar-refractivity contribution in [3.8, 4) is 0 Å². The number of hydrogen-bond acceptors (Lipinski definition) is 1. The summed E-state index contributed by atoms with van der Waals surface area (Å²) in [7, 11) is 0. The van der Waals surface area contributed by atoms with E-state index in [1.807, 2.05) is 0 Å². The van der Waals surface area contributed by atoms with Crippen LogP contribution in [0.2, 0.25) is 0 Å². The molecule has 2 bridgehead atoms. The molecule has 1 N–H and O–H groups in total. The Hall–Kier alpha value is -0.0400. The summed E-state index contributed by atoms with van der Waals surface area (Å²) in [5.41, 5.74) is 0.674. The summed E-state index contributed by atoms with van der Waals surface area (Å²) in [6.45, 7) is 9.46. The molecule has 16 heavy (non-hydrogen) atoms. The van der Waals surface area contributed by atoms with Crippen LogP contribution in [0.25, 0.3) is 0 Å². The largest absolute Gasteiger partial charge is 0.312 e. The van der Waals surface area contributed by atoms with Crippen LogP contribution in [-0.2, 0) is 0 Å². The van der Waals surface area contributed by atoms with Crippen molar-refractivity contribution < 1.29 is 0 Å². The molecular weight excluding hydrogens is 194 g/mol. The second kappa shape index (κ2) is 4.68. The first-order valence-corrected chi connectivity index (χ1v) is 7.28. The highest BCUT2D eigenvalue weighted by Gasteiger charge is 2.44. The molecule has 0 saturated heterocycles. The highest BCUT2D eigenvalue weighted by molar-refractivity contribution is 4.97. The molecule has 2 aliphatic rings. The van der Waals surface area contributed by atoms with E-state index in [4.69, 9.17) is 0 Å². The number of nitrogens with one attached hydrogen (secondary N) is 1. The Morgan fingerprint density at radius 2 is 1.88 bits per heavy atom. The lowest BCUT2D eigenvalue weighted by molar-refractivity contribution is 0.0120. The molecule has 0 aromatic heterocycles. The summed E-state index contributed by atoms with van der Waals surface area (Å²) >= 11 is 0. The molecule has 94 valence electrons. The van der Waals surface area contributed by atoms with Gasteiger partial charge in [-0.05, 0) is 42.9 Å². The van der Waals surface area contributed by atoms with E-state index in [1.54, 1.807) is 0 Å². The van der Waals surface area contributed by atoms with Crippen molar-refractivity contribution in [1.82, 2.24) is 5.32 Å². The molecule has 2 aliphatic carbocycles. The standard InChI is InChI=1S/C15H29N/c1-11(2)15-7-5-6-13(9-15)8-14(10-15)16-12(3)4/h11-14,16H,5-10H2,1-4H3. The Balaban J connectivity index is 2.06. The highest BCUT2D eigenvalue weighted by Crippen LogP contribution is 2.53. The predicted octanol–water partition coefficient (Wildman–Crippen LogP) is 3.98. The van der Waals surface area contributed by atoms with E-state index < -0.39 is 0 Å². The van der Waals surface area contributed by atoms with Gasteiger partial charge in [0.1, 0.15) is 0 Å². The van der Waals surface area contributed by atoms with Gasteiger partial charge in [-0.15, -0.1) is 0 Å². The van der Waals surface area contributed by atoms with Gasteiger partial charge in [0.2, 0.25) is 0 Å². The fourth-order valence-corrected chi connectivity index (χ4v) is 4.24. The van der Waals surface area contributed by atoms with Gasteiger partial charge in [-0.3, -0.25) is 0 Å².